The highest BCUT2D eigenvalue weighted by molar-refractivity contribution is 6.88. The van der Waals surface area contributed by atoms with Gasteiger partial charge in [-0.2, -0.15) is 0 Å². The van der Waals surface area contributed by atoms with E-state index in [1.807, 2.05) is 4.68 Å². The van der Waals surface area contributed by atoms with Crippen LogP contribution in [0.15, 0.2) is 6.20 Å². The largest absolute Gasteiger partial charge is 0.300 e. The molecule has 0 spiro atoms. The number of ketones is 1. The molecule has 5 heteroatoms. The van der Waals surface area contributed by atoms with Crippen LogP contribution >= 0.6 is 0 Å². The average molecular weight is 237 g/mol. The van der Waals surface area contributed by atoms with Crippen molar-refractivity contribution in [2.24, 2.45) is 5.92 Å². The first-order valence-electron chi connectivity index (χ1n) is 5.80. The van der Waals surface area contributed by atoms with Gasteiger partial charge in [0.15, 0.2) is 0 Å². The molecular formula is C11H19N3OSi. The number of nitrogens with zero attached hydrogens (tertiary/aromatic N) is 3. The van der Waals surface area contributed by atoms with Gasteiger partial charge in [-0.05, 0) is 19.8 Å². The first-order valence-corrected chi connectivity index (χ1v) is 9.30. The molecule has 0 aliphatic heterocycles. The van der Waals surface area contributed by atoms with Crippen LogP contribution in [-0.4, -0.2) is 28.9 Å². The van der Waals surface area contributed by atoms with Crippen LogP contribution in [0.2, 0.25) is 19.6 Å². The van der Waals surface area contributed by atoms with Crippen LogP contribution in [0.4, 0.5) is 0 Å². The molecule has 0 amide bonds. The molecule has 2 rings (SSSR count). The second-order valence-corrected chi connectivity index (χ2v) is 10.8. The zero-order valence-corrected chi connectivity index (χ0v) is 11.4. The molecule has 1 fully saturated rings. The number of rotatable bonds is 3. The van der Waals surface area contributed by atoms with Crippen molar-refractivity contribution in [2.45, 2.75) is 45.4 Å². The average Bonchev–Trinajstić information content (AvgIpc) is 2.47. The van der Waals surface area contributed by atoms with Gasteiger partial charge in [-0.15, -0.1) is 5.10 Å². The number of hydrogen-bond donors (Lipinski definition) is 0. The molecule has 0 radical (unpaired) electrons. The van der Waals surface area contributed by atoms with Crippen molar-refractivity contribution in [1.82, 2.24) is 15.0 Å². The van der Waals surface area contributed by atoms with Gasteiger partial charge >= 0.3 is 0 Å². The van der Waals surface area contributed by atoms with Crippen LogP contribution in [-0.2, 0) is 4.79 Å². The molecule has 0 aromatic carbocycles. The zero-order valence-electron chi connectivity index (χ0n) is 10.4. The zero-order chi connectivity index (χ0) is 11.9. The Hall–Kier alpha value is -0.973. The molecule has 1 aromatic rings. The van der Waals surface area contributed by atoms with Gasteiger partial charge in [0.05, 0.1) is 11.4 Å². The van der Waals surface area contributed by atoms with Crippen LogP contribution in [0.5, 0.6) is 0 Å². The van der Waals surface area contributed by atoms with Gasteiger partial charge in [-0.3, -0.25) is 4.79 Å². The van der Waals surface area contributed by atoms with E-state index in [4.69, 9.17) is 0 Å². The fraction of sp³-hybridized carbons (Fsp3) is 0.727. The van der Waals surface area contributed by atoms with Crippen molar-refractivity contribution < 1.29 is 4.79 Å². The van der Waals surface area contributed by atoms with E-state index >= 15 is 0 Å². The van der Waals surface area contributed by atoms with Gasteiger partial charge in [0.25, 0.3) is 0 Å². The first kappa shape index (κ1) is 11.5. The quantitative estimate of drug-likeness (QED) is 0.746. The predicted octanol–water partition coefficient (Wildman–Crippen LogP) is 1.36. The summed E-state index contributed by atoms with van der Waals surface area (Å²) >= 11 is 0. The molecule has 16 heavy (non-hydrogen) atoms. The summed E-state index contributed by atoms with van der Waals surface area (Å²) in [6.45, 7) is 8.47. The number of carbonyl (C=O) groups is 1. The molecule has 1 saturated carbocycles. The molecule has 1 heterocycles. The van der Waals surface area contributed by atoms with Crippen molar-refractivity contribution in [1.29, 1.82) is 0 Å². The van der Waals surface area contributed by atoms with Gasteiger partial charge in [0.2, 0.25) is 0 Å². The van der Waals surface area contributed by atoms with Gasteiger partial charge in [-0.1, -0.05) is 24.9 Å². The lowest BCUT2D eigenvalue weighted by atomic mass is 9.78. The highest BCUT2D eigenvalue weighted by Crippen LogP contribution is 2.37. The van der Waals surface area contributed by atoms with Gasteiger partial charge < -0.3 is 0 Å². The normalized spacial score (nSPS) is 25.2. The molecule has 4 nitrogen and oxygen atoms in total. The van der Waals surface area contributed by atoms with Gasteiger partial charge in [0, 0.05) is 12.1 Å². The van der Waals surface area contributed by atoms with Crippen LogP contribution in [0.3, 0.4) is 0 Å². The van der Waals surface area contributed by atoms with E-state index in [0.717, 1.165) is 18.2 Å². The molecule has 0 N–H and O–H groups in total. The topological polar surface area (TPSA) is 47.8 Å². The Morgan fingerprint density at radius 2 is 2.06 bits per heavy atom. The minimum absolute atomic E-state index is 0.254. The van der Waals surface area contributed by atoms with Crippen LogP contribution in [0, 0.1) is 5.92 Å². The molecule has 0 unspecified atom stereocenters. The summed E-state index contributed by atoms with van der Waals surface area (Å²) in [5.74, 6) is 0.561. The summed E-state index contributed by atoms with van der Waals surface area (Å²) in [5.41, 5.74) is 0. The lowest BCUT2D eigenvalue weighted by Crippen LogP contribution is -2.39. The minimum atomic E-state index is -1.35. The maximum absolute atomic E-state index is 11.1. The van der Waals surface area contributed by atoms with Crippen molar-refractivity contribution in [3.63, 3.8) is 0 Å². The highest BCUT2D eigenvalue weighted by Gasteiger charge is 2.34. The van der Waals surface area contributed by atoms with Crippen LogP contribution < -0.4 is 5.32 Å². The van der Waals surface area contributed by atoms with Crippen molar-refractivity contribution in [3.8, 4) is 0 Å². The Morgan fingerprint density at radius 1 is 1.44 bits per heavy atom. The molecule has 0 saturated heterocycles. The van der Waals surface area contributed by atoms with Crippen LogP contribution in [0.1, 0.15) is 25.8 Å². The molecule has 88 valence electrons. The van der Waals surface area contributed by atoms with Crippen molar-refractivity contribution in [3.05, 3.63) is 6.20 Å². The Morgan fingerprint density at radius 3 is 2.50 bits per heavy atom. The summed E-state index contributed by atoms with van der Waals surface area (Å²) in [7, 11) is -1.35. The summed E-state index contributed by atoms with van der Waals surface area (Å²) < 4.78 is 1.95. The van der Waals surface area contributed by atoms with E-state index in [2.05, 4.69) is 36.1 Å². The van der Waals surface area contributed by atoms with Gasteiger partial charge in [-0.25, -0.2) is 4.68 Å². The smallest absolute Gasteiger partial charge is 0.133 e. The summed E-state index contributed by atoms with van der Waals surface area (Å²) in [6.07, 6.45) is 3.95. The maximum atomic E-state index is 11.1. The van der Waals surface area contributed by atoms with E-state index in [0.29, 0.717) is 11.8 Å². The minimum Gasteiger partial charge on any atom is -0.300 e. The molecule has 0 bridgehead atoms. The lowest BCUT2D eigenvalue weighted by molar-refractivity contribution is -0.124. The molecule has 1 aliphatic carbocycles. The standard InChI is InChI=1S/C11H19N3OSi/c1-8(15)9-5-10(6-9)14-7-11(12-13-14)16(2,3)4/h7,9-10H,5-6H2,1-4H3. The van der Waals surface area contributed by atoms with E-state index in [1.165, 1.54) is 0 Å². The number of hydrogen-bond acceptors (Lipinski definition) is 3. The van der Waals surface area contributed by atoms with Crippen molar-refractivity contribution >= 4 is 19.2 Å². The molecule has 1 aliphatic rings. The third-order valence-corrected chi connectivity index (χ3v) is 5.11. The molecular weight excluding hydrogens is 218 g/mol. The Kier molecular flexibility index (Phi) is 2.73. The second kappa shape index (κ2) is 3.80. The van der Waals surface area contributed by atoms with E-state index in [-0.39, 0.29) is 5.92 Å². The Balaban J connectivity index is 2.03. The van der Waals surface area contributed by atoms with Gasteiger partial charge in [0.1, 0.15) is 13.9 Å². The summed E-state index contributed by atoms with van der Waals surface area (Å²) in [5, 5.41) is 9.59. The number of carbonyl (C=O) groups excluding carboxylic acids is 1. The highest BCUT2D eigenvalue weighted by atomic mass is 28.3. The first-order chi connectivity index (χ1) is 7.38. The monoisotopic (exact) mass is 237 g/mol. The maximum Gasteiger partial charge on any atom is 0.133 e. The fourth-order valence-electron chi connectivity index (χ4n) is 1.93. The van der Waals surface area contributed by atoms with E-state index < -0.39 is 8.07 Å². The third-order valence-electron chi connectivity index (χ3n) is 3.34. The second-order valence-electron chi connectivity index (χ2n) is 5.77. The summed E-state index contributed by atoms with van der Waals surface area (Å²) in [6, 6.07) is 0.395. The SMILES string of the molecule is CC(=O)C1CC(n2cc([Si](C)(C)C)nn2)C1. The Labute approximate surface area is 97.0 Å². The summed E-state index contributed by atoms with van der Waals surface area (Å²) in [4.78, 5) is 11.1. The number of Topliss-reactive ketones (excluding diaryl/α,β-unsaturated/α-hetero) is 1. The molecule has 1 aromatic heterocycles. The van der Waals surface area contributed by atoms with Crippen LogP contribution in [0.25, 0.3) is 0 Å². The molecule has 0 atom stereocenters. The lowest BCUT2D eigenvalue weighted by Gasteiger charge is -2.33. The number of aromatic nitrogens is 3. The van der Waals surface area contributed by atoms with E-state index in [9.17, 15) is 4.79 Å². The van der Waals surface area contributed by atoms with E-state index in [1.54, 1.807) is 6.92 Å². The van der Waals surface area contributed by atoms with Crippen molar-refractivity contribution in [2.75, 3.05) is 0 Å². The third kappa shape index (κ3) is 2.09. The Bertz CT molecular complexity index is 402. The fourth-order valence-corrected chi connectivity index (χ4v) is 2.80. The predicted molar refractivity (Wildman–Crippen MR) is 65.4 cm³/mol.